The Kier molecular flexibility index (Phi) is 6.68. The van der Waals surface area contributed by atoms with Crippen LogP contribution in [0.5, 0.6) is 0 Å². The van der Waals surface area contributed by atoms with Gasteiger partial charge in [-0.25, -0.2) is 0 Å². The van der Waals surface area contributed by atoms with Crippen LogP contribution in [0.25, 0.3) is 0 Å². The predicted octanol–water partition coefficient (Wildman–Crippen LogP) is -4.06. The van der Waals surface area contributed by atoms with E-state index in [1.807, 2.05) is 0 Å². The van der Waals surface area contributed by atoms with Gasteiger partial charge in [0.05, 0.1) is 19.8 Å². The maximum atomic E-state index is 10.2. The van der Waals surface area contributed by atoms with Crippen molar-refractivity contribution in [1.29, 1.82) is 0 Å². The van der Waals surface area contributed by atoms with Gasteiger partial charge in [0.15, 0.2) is 6.29 Å². The summed E-state index contributed by atoms with van der Waals surface area (Å²) < 4.78 is 20.8. The summed E-state index contributed by atoms with van der Waals surface area (Å²) in [7, 11) is 1.27. The van der Waals surface area contributed by atoms with Crippen LogP contribution in [-0.2, 0) is 18.9 Å². The smallest absolute Gasteiger partial charge is 0.187 e. The van der Waals surface area contributed by atoms with Crippen LogP contribution in [0.4, 0.5) is 0 Å². The van der Waals surface area contributed by atoms with E-state index in [1.54, 1.807) is 0 Å². The first-order chi connectivity index (χ1) is 10.9. The summed E-state index contributed by atoms with van der Waals surface area (Å²) in [6.07, 6.45) is -10.8. The van der Waals surface area contributed by atoms with Crippen molar-refractivity contribution in [3.05, 3.63) is 0 Å². The molecule has 0 spiro atoms. The summed E-state index contributed by atoms with van der Waals surface area (Å²) in [4.78, 5) is 0. The first-order valence-electron chi connectivity index (χ1n) is 7.33. The van der Waals surface area contributed by atoms with E-state index in [4.69, 9.17) is 24.1 Å². The van der Waals surface area contributed by atoms with Gasteiger partial charge in [-0.2, -0.15) is 0 Å². The molecule has 2 saturated heterocycles. The molecule has 0 aliphatic carbocycles. The second-order valence-electron chi connectivity index (χ2n) is 5.62. The Hall–Kier alpha value is -0.400. The van der Waals surface area contributed by atoms with E-state index in [2.05, 4.69) is 0 Å². The molecule has 10 heteroatoms. The number of aliphatic hydroxyl groups is 6. The molecule has 2 aliphatic rings. The van der Waals surface area contributed by atoms with Crippen LogP contribution < -0.4 is 0 Å². The van der Waals surface area contributed by atoms with Gasteiger partial charge in [0, 0.05) is 7.11 Å². The molecule has 0 amide bonds. The maximum absolute atomic E-state index is 10.2. The lowest BCUT2D eigenvalue weighted by Crippen LogP contribution is -2.63. The third-order valence-electron chi connectivity index (χ3n) is 4.14. The molecule has 2 fully saturated rings. The lowest BCUT2D eigenvalue weighted by molar-refractivity contribution is -0.337. The zero-order chi connectivity index (χ0) is 17.1. The van der Waals surface area contributed by atoms with Crippen molar-refractivity contribution in [3.63, 3.8) is 0 Å². The molecule has 136 valence electrons. The molecule has 9 atom stereocenters. The molecule has 0 bridgehead atoms. The van der Waals surface area contributed by atoms with Gasteiger partial charge in [-0.3, -0.25) is 0 Å². The quantitative estimate of drug-likeness (QED) is 0.291. The summed E-state index contributed by atoms with van der Waals surface area (Å²) in [5.74, 6) is 0. The average molecular weight is 340 g/mol. The normalized spacial score (nSPS) is 48.4. The van der Waals surface area contributed by atoms with Crippen molar-refractivity contribution in [2.24, 2.45) is 0 Å². The van der Waals surface area contributed by atoms with Crippen LogP contribution in [-0.4, -0.2) is 113 Å². The van der Waals surface area contributed by atoms with Crippen LogP contribution in [0.15, 0.2) is 0 Å². The highest BCUT2D eigenvalue weighted by Crippen LogP contribution is 2.27. The summed E-state index contributed by atoms with van der Waals surface area (Å²) in [5, 5.41) is 58.5. The van der Waals surface area contributed by atoms with Crippen molar-refractivity contribution in [1.82, 2.24) is 0 Å². The third kappa shape index (κ3) is 3.82. The summed E-state index contributed by atoms with van der Waals surface area (Å²) in [6, 6.07) is 0. The SMILES string of the molecule is CO[C@@H]1C(O)[C@H](OC2[C@H](O)C(CO)OC[C@H]2O)OC(CO)[C@H]1O. The zero-order valence-electron chi connectivity index (χ0n) is 12.6. The Morgan fingerprint density at radius 3 is 2.09 bits per heavy atom. The largest absolute Gasteiger partial charge is 0.394 e. The van der Waals surface area contributed by atoms with Gasteiger partial charge in [0.2, 0.25) is 0 Å². The fourth-order valence-electron chi connectivity index (χ4n) is 2.79. The number of ether oxygens (including phenoxy) is 4. The number of aliphatic hydroxyl groups excluding tert-OH is 6. The minimum atomic E-state index is -1.41. The summed E-state index contributed by atoms with van der Waals surface area (Å²) >= 11 is 0. The van der Waals surface area contributed by atoms with Gasteiger partial charge in [0.25, 0.3) is 0 Å². The maximum Gasteiger partial charge on any atom is 0.187 e. The van der Waals surface area contributed by atoms with Crippen LogP contribution >= 0.6 is 0 Å². The highest BCUT2D eigenvalue weighted by molar-refractivity contribution is 4.93. The molecule has 0 saturated carbocycles. The molecule has 0 radical (unpaired) electrons. The highest BCUT2D eigenvalue weighted by atomic mass is 16.7. The van der Waals surface area contributed by atoms with Gasteiger partial charge >= 0.3 is 0 Å². The molecule has 0 aromatic heterocycles. The van der Waals surface area contributed by atoms with Crippen molar-refractivity contribution >= 4 is 0 Å². The van der Waals surface area contributed by atoms with Gasteiger partial charge in [-0.15, -0.1) is 0 Å². The fourth-order valence-corrected chi connectivity index (χ4v) is 2.79. The topological polar surface area (TPSA) is 158 Å². The number of hydrogen-bond acceptors (Lipinski definition) is 10. The Morgan fingerprint density at radius 1 is 0.913 bits per heavy atom. The van der Waals surface area contributed by atoms with Crippen LogP contribution in [0.2, 0.25) is 0 Å². The molecule has 4 unspecified atom stereocenters. The molecule has 2 aliphatic heterocycles. The third-order valence-corrected chi connectivity index (χ3v) is 4.14. The first-order valence-corrected chi connectivity index (χ1v) is 7.33. The highest BCUT2D eigenvalue weighted by Gasteiger charge is 2.48. The minimum absolute atomic E-state index is 0.171. The lowest BCUT2D eigenvalue weighted by Gasteiger charge is -2.44. The zero-order valence-corrected chi connectivity index (χ0v) is 12.6. The van der Waals surface area contributed by atoms with Crippen molar-refractivity contribution in [2.75, 3.05) is 26.9 Å². The fraction of sp³-hybridized carbons (Fsp3) is 1.00. The van der Waals surface area contributed by atoms with E-state index in [9.17, 15) is 25.5 Å². The van der Waals surface area contributed by atoms with E-state index in [0.717, 1.165) is 0 Å². The molecule has 0 aromatic rings. The van der Waals surface area contributed by atoms with E-state index in [1.165, 1.54) is 7.11 Å². The molecule has 6 N–H and O–H groups in total. The summed E-state index contributed by atoms with van der Waals surface area (Å²) in [6.45, 7) is -1.18. The first kappa shape index (κ1) is 18.9. The van der Waals surface area contributed by atoms with Crippen LogP contribution in [0, 0.1) is 0 Å². The van der Waals surface area contributed by atoms with Gasteiger partial charge in [-0.05, 0) is 0 Å². The predicted molar refractivity (Wildman–Crippen MR) is 72.3 cm³/mol. The average Bonchev–Trinajstić information content (AvgIpc) is 2.54. The minimum Gasteiger partial charge on any atom is -0.394 e. The van der Waals surface area contributed by atoms with Gasteiger partial charge in [0.1, 0.15) is 48.8 Å². The molecule has 2 heterocycles. The van der Waals surface area contributed by atoms with Gasteiger partial charge < -0.3 is 49.6 Å². The lowest BCUT2D eigenvalue weighted by atomic mass is 9.97. The Morgan fingerprint density at radius 2 is 1.52 bits per heavy atom. The number of methoxy groups -OCH3 is 1. The number of hydrogen-bond donors (Lipinski definition) is 6. The van der Waals surface area contributed by atoms with Crippen LogP contribution in [0.3, 0.4) is 0 Å². The molecular formula is C13H24O10. The molecule has 0 aromatic carbocycles. The molecular weight excluding hydrogens is 316 g/mol. The molecule has 2 rings (SSSR count). The monoisotopic (exact) mass is 340 g/mol. The second-order valence-corrected chi connectivity index (χ2v) is 5.62. The van der Waals surface area contributed by atoms with Crippen LogP contribution in [0.1, 0.15) is 0 Å². The number of rotatable bonds is 5. The van der Waals surface area contributed by atoms with Crippen molar-refractivity contribution in [2.45, 2.75) is 55.1 Å². The molecule has 10 nitrogen and oxygen atoms in total. The Balaban J connectivity index is 2.10. The second kappa shape index (κ2) is 8.12. The van der Waals surface area contributed by atoms with E-state index in [-0.39, 0.29) is 6.61 Å². The Bertz CT molecular complexity index is 369. The van der Waals surface area contributed by atoms with Crippen molar-refractivity contribution < 1.29 is 49.6 Å². The van der Waals surface area contributed by atoms with E-state index in [0.29, 0.717) is 0 Å². The van der Waals surface area contributed by atoms with E-state index < -0.39 is 68.3 Å². The van der Waals surface area contributed by atoms with E-state index >= 15 is 0 Å². The molecule has 23 heavy (non-hydrogen) atoms. The van der Waals surface area contributed by atoms with Gasteiger partial charge in [-0.1, -0.05) is 0 Å². The summed E-state index contributed by atoms with van der Waals surface area (Å²) in [5.41, 5.74) is 0. The Labute approximate surface area is 132 Å². The van der Waals surface area contributed by atoms with Crippen molar-refractivity contribution in [3.8, 4) is 0 Å². The standard InChI is InChI=1S/C13H24O10/c1-20-12-9(18)7(3-15)22-13(10(12)19)23-11-5(16)4-21-6(2-14)8(11)17/h5-19H,2-4H2,1H3/t5-,6?,7?,8-,9-,10?,11?,12+,13+/m1/s1.